The first-order valence-electron chi connectivity index (χ1n) is 9.99. The maximum atomic E-state index is 12.5. The van der Waals surface area contributed by atoms with Crippen molar-refractivity contribution in [3.05, 3.63) is 48.0 Å². The van der Waals surface area contributed by atoms with Crippen molar-refractivity contribution in [3.63, 3.8) is 0 Å². The molecule has 166 valence electrons. The highest BCUT2D eigenvalue weighted by Gasteiger charge is 2.23. The van der Waals surface area contributed by atoms with Crippen LogP contribution in [0.3, 0.4) is 0 Å². The zero-order valence-electron chi connectivity index (χ0n) is 18.1. The van der Waals surface area contributed by atoms with Gasteiger partial charge in [0.15, 0.2) is 6.10 Å². The van der Waals surface area contributed by atoms with E-state index in [4.69, 9.17) is 4.74 Å². The van der Waals surface area contributed by atoms with Crippen molar-refractivity contribution >= 4 is 38.9 Å². The number of rotatable bonds is 7. The summed E-state index contributed by atoms with van der Waals surface area (Å²) in [4.78, 5) is 26.3. The summed E-state index contributed by atoms with van der Waals surface area (Å²) in [7, 11) is -1.88. The highest BCUT2D eigenvalue weighted by Crippen LogP contribution is 2.27. The number of nitrogens with zero attached hydrogens (tertiary/aromatic N) is 2. The molecule has 1 saturated heterocycles. The molecule has 3 rings (SSSR count). The fourth-order valence-electron chi connectivity index (χ4n) is 3.37. The van der Waals surface area contributed by atoms with Crippen molar-refractivity contribution in [2.75, 3.05) is 34.4 Å². The summed E-state index contributed by atoms with van der Waals surface area (Å²) in [6.07, 6.45) is 1.79. The van der Waals surface area contributed by atoms with Crippen LogP contribution in [-0.2, 0) is 19.6 Å². The summed E-state index contributed by atoms with van der Waals surface area (Å²) >= 11 is 0. The lowest BCUT2D eigenvalue weighted by Gasteiger charge is -2.20. The molecule has 0 radical (unpaired) electrons. The molecule has 1 heterocycles. The molecule has 1 fully saturated rings. The Morgan fingerprint density at radius 2 is 1.87 bits per heavy atom. The topological polar surface area (TPSA) is 96.0 Å². The molecule has 2 amide bonds. The van der Waals surface area contributed by atoms with E-state index in [0.717, 1.165) is 34.8 Å². The number of amides is 2. The Labute approximate surface area is 182 Å². The smallest absolute Gasteiger partial charge is 0.265 e. The zero-order chi connectivity index (χ0) is 22.8. The second-order valence-electron chi connectivity index (χ2n) is 7.62. The minimum atomic E-state index is -3.35. The molecule has 1 N–H and O–H groups in total. The van der Waals surface area contributed by atoms with E-state index in [1.165, 1.54) is 7.05 Å². The number of nitrogens with one attached hydrogen (secondary N) is 1. The number of benzene rings is 2. The standard InChI is InChI=1S/C22H27N3O5S/c1-15-14-17(7-12-20(15)25-13-5-6-21(25)26)23-22(27)16(2)30-19-10-8-18(9-11-19)24(3)31(4,28)29/h7-12,14,16H,5-6,13H2,1-4H3,(H,23,27)/t16-/m1/s1. The summed E-state index contributed by atoms with van der Waals surface area (Å²) in [6, 6.07) is 11.9. The Balaban J connectivity index is 1.62. The van der Waals surface area contributed by atoms with Gasteiger partial charge in [-0.2, -0.15) is 0 Å². The SMILES string of the molecule is Cc1cc(NC(=O)[C@@H](C)Oc2ccc(N(C)S(C)(=O)=O)cc2)ccc1N1CCCC1=O. The molecule has 2 aromatic rings. The molecule has 0 unspecified atom stereocenters. The van der Waals surface area contributed by atoms with Crippen LogP contribution in [0.1, 0.15) is 25.3 Å². The van der Waals surface area contributed by atoms with Gasteiger partial charge in [-0.15, -0.1) is 0 Å². The van der Waals surface area contributed by atoms with Crippen molar-refractivity contribution in [1.29, 1.82) is 0 Å². The third-order valence-corrected chi connectivity index (χ3v) is 6.41. The summed E-state index contributed by atoms with van der Waals surface area (Å²) < 4.78 is 30.1. The quantitative estimate of drug-likeness (QED) is 0.707. The second kappa shape index (κ2) is 8.97. The Hall–Kier alpha value is -3.07. The van der Waals surface area contributed by atoms with Gasteiger partial charge >= 0.3 is 0 Å². The number of ether oxygens (including phenoxy) is 1. The van der Waals surface area contributed by atoms with Crippen LogP contribution < -0.4 is 19.3 Å². The molecule has 0 spiro atoms. The Morgan fingerprint density at radius 1 is 1.19 bits per heavy atom. The summed E-state index contributed by atoms with van der Waals surface area (Å²) in [5.41, 5.74) is 2.90. The normalized spacial score (nSPS) is 15.0. The van der Waals surface area contributed by atoms with Gasteiger partial charge in [-0.25, -0.2) is 8.42 Å². The molecule has 0 aromatic heterocycles. The molecule has 31 heavy (non-hydrogen) atoms. The van der Waals surface area contributed by atoms with Crippen LogP contribution in [0.5, 0.6) is 5.75 Å². The van der Waals surface area contributed by atoms with Crippen molar-refractivity contribution in [1.82, 2.24) is 0 Å². The largest absolute Gasteiger partial charge is 0.481 e. The molecular formula is C22H27N3O5S. The lowest BCUT2D eigenvalue weighted by atomic mass is 10.1. The molecule has 1 aliphatic rings. The molecule has 2 aromatic carbocycles. The highest BCUT2D eigenvalue weighted by atomic mass is 32.2. The van der Waals surface area contributed by atoms with E-state index in [1.54, 1.807) is 42.2 Å². The fraction of sp³-hybridized carbons (Fsp3) is 0.364. The van der Waals surface area contributed by atoms with Gasteiger partial charge in [0.05, 0.1) is 11.9 Å². The minimum Gasteiger partial charge on any atom is -0.481 e. The number of anilines is 3. The van der Waals surface area contributed by atoms with E-state index in [-0.39, 0.29) is 11.8 Å². The monoisotopic (exact) mass is 445 g/mol. The lowest BCUT2D eigenvalue weighted by molar-refractivity contribution is -0.122. The van der Waals surface area contributed by atoms with Crippen LogP contribution in [0.2, 0.25) is 0 Å². The molecule has 9 heteroatoms. The number of carbonyl (C=O) groups excluding carboxylic acids is 2. The number of hydrogen-bond acceptors (Lipinski definition) is 5. The summed E-state index contributed by atoms with van der Waals surface area (Å²) in [5.74, 6) is 0.254. The van der Waals surface area contributed by atoms with E-state index >= 15 is 0 Å². The molecule has 8 nitrogen and oxygen atoms in total. The molecule has 0 saturated carbocycles. The van der Waals surface area contributed by atoms with Gasteiger partial charge in [-0.1, -0.05) is 0 Å². The molecule has 0 bridgehead atoms. The van der Waals surface area contributed by atoms with Gasteiger partial charge < -0.3 is 15.0 Å². The first kappa shape index (κ1) is 22.6. The van der Waals surface area contributed by atoms with Gasteiger partial charge in [0.2, 0.25) is 15.9 Å². The Kier molecular flexibility index (Phi) is 6.54. The van der Waals surface area contributed by atoms with Crippen molar-refractivity contribution in [2.45, 2.75) is 32.8 Å². The van der Waals surface area contributed by atoms with E-state index < -0.39 is 16.1 Å². The van der Waals surface area contributed by atoms with Crippen molar-refractivity contribution in [3.8, 4) is 5.75 Å². The molecular weight excluding hydrogens is 418 g/mol. The van der Waals surface area contributed by atoms with Crippen LogP contribution in [0, 0.1) is 6.92 Å². The molecule has 1 atom stereocenters. The Bertz CT molecular complexity index is 1080. The minimum absolute atomic E-state index is 0.121. The molecule has 1 aliphatic heterocycles. The van der Waals surface area contributed by atoms with E-state index in [2.05, 4.69) is 5.32 Å². The average molecular weight is 446 g/mol. The van der Waals surface area contributed by atoms with Crippen LogP contribution in [-0.4, -0.2) is 46.2 Å². The number of sulfonamides is 1. The van der Waals surface area contributed by atoms with Crippen molar-refractivity contribution < 1.29 is 22.7 Å². The van der Waals surface area contributed by atoms with Crippen LogP contribution >= 0.6 is 0 Å². The van der Waals surface area contributed by atoms with E-state index in [0.29, 0.717) is 23.5 Å². The third-order valence-electron chi connectivity index (χ3n) is 5.21. The fourth-order valence-corrected chi connectivity index (χ4v) is 3.87. The predicted octanol–water partition coefficient (Wildman–Crippen LogP) is 2.92. The number of aryl methyl sites for hydroxylation is 1. The first-order chi connectivity index (χ1) is 14.6. The van der Waals surface area contributed by atoms with E-state index in [9.17, 15) is 18.0 Å². The van der Waals surface area contributed by atoms with Gasteiger partial charge in [0.25, 0.3) is 5.91 Å². The number of hydrogen-bond donors (Lipinski definition) is 1. The van der Waals surface area contributed by atoms with Crippen LogP contribution in [0.25, 0.3) is 0 Å². The van der Waals surface area contributed by atoms with Gasteiger partial charge in [-0.05, 0) is 68.3 Å². The first-order valence-corrected chi connectivity index (χ1v) is 11.8. The summed E-state index contributed by atoms with van der Waals surface area (Å²) in [5, 5.41) is 2.83. The maximum absolute atomic E-state index is 12.5. The summed E-state index contributed by atoms with van der Waals surface area (Å²) in [6.45, 7) is 4.26. The lowest BCUT2D eigenvalue weighted by Crippen LogP contribution is -2.30. The van der Waals surface area contributed by atoms with Crippen LogP contribution in [0.4, 0.5) is 17.1 Å². The Morgan fingerprint density at radius 3 is 2.42 bits per heavy atom. The van der Waals surface area contributed by atoms with Gasteiger partial charge in [0.1, 0.15) is 5.75 Å². The molecule has 0 aliphatic carbocycles. The van der Waals surface area contributed by atoms with Gasteiger partial charge in [0, 0.05) is 31.4 Å². The number of carbonyl (C=O) groups is 2. The maximum Gasteiger partial charge on any atom is 0.265 e. The highest BCUT2D eigenvalue weighted by molar-refractivity contribution is 7.92. The zero-order valence-corrected chi connectivity index (χ0v) is 18.9. The van der Waals surface area contributed by atoms with Gasteiger partial charge in [-0.3, -0.25) is 13.9 Å². The average Bonchev–Trinajstić information content (AvgIpc) is 3.13. The van der Waals surface area contributed by atoms with Crippen molar-refractivity contribution in [2.24, 2.45) is 0 Å². The van der Waals surface area contributed by atoms with E-state index in [1.807, 2.05) is 19.1 Å². The third kappa shape index (κ3) is 5.35. The second-order valence-corrected chi connectivity index (χ2v) is 9.64. The van der Waals surface area contributed by atoms with Crippen LogP contribution in [0.15, 0.2) is 42.5 Å². The predicted molar refractivity (Wildman–Crippen MR) is 121 cm³/mol.